The molecule has 0 saturated carbocycles. The molecule has 0 bridgehead atoms. The Morgan fingerprint density at radius 2 is 1.84 bits per heavy atom. The van der Waals surface area contributed by atoms with Crippen molar-refractivity contribution in [2.45, 2.75) is 38.7 Å². The van der Waals surface area contributed by atoms with Gasteiger partial charge in [0.05, 0.1) is 12.0 Å². The molecule has 0 unspecified atom stereocenters. The van der Waals surface area contributed by atoms with E-state index in [0.717, 1.165) is 57.6 Å². The summed E-state index contributed by atoms with van der Waals surface area (Å²) in [7, 11) is 1.69. The third kappa shape index (κ3) is 4.33. The lowest BCUT2D eigenvalue weighted by Gasteiger charge is -2.41. The van der Waals surface area contributed by atoms with Crippen molar-refractivity contribution in [3.63, 3.8) is 0 Å². The van der Waals surface area contributed by atoms with Gasteiger partial charge in [-0.05, 0) is 45.0 Å². The van der Waals surface area contributed by atoms with Crippen LogP contribution in [-0.4, -0.2) is 56.8 Å². The highest BCUT2D eigenvalue weighted by Crippen LogP contribution is 2.33. The average Bonchev–Trinajstić information content (AvgIpc) is 2.65. The van der Waals surface area contributed by atoms with E-state index in [9.17, 15) is 4.79 Å². The van der Waals surface area contributed by atoms with Crippen molar-refractivity contribution in [2.24, 2.45) is 5.41 Å². The number of piperidine rings is 2. The summed E-state index contributed by atoms with van der Waals surface area (Å²) < 4.78 is 11.5. The van der Waals surface area contributed by atoms with Gasteiger partial charge in [0.1, 0.15) is 11.9 Å². The van der Waals surface area contributed by atoms with Crippen LogP contribution in [0.25, 0.3) is 0 Å². The lowest BCUT2D eigenvalue weighted by atomic mass is 9.78. The fraction of sp³-hybridized carbons (Fsp3) is 0.650. The first-order chi connectivity index (χ1) is 12.1. The zero-order valence-electron chi connectivity index (χ0n) is 15.4. The number of rotatable bonds is 5. The number of likely N-dealkylation sites (tertiary alicyclic amines) is 1. The molecule has 5 heteroatoms. The Morgan fingerprint density at radius 3 is 2.44 bits per heavy atom. The minimum absolute atomic E-state index is 0.193. The van der Waals surface area contributed by atoms with Crippen LogP contribution in [-0.2, 0) is 9.53 Å². The number of nitrogens with one attached hydrogen (secondary N) is 1. The van der Waals surface area contributed by atoms with Crippen LogP contribution in [0, 0.1) is 12.3 Å². The van der Waals surface area contributed by atoms with Crippen LogP contribution >= 0.6 is 0 Å². The van der Waals surface area contributed by atoms with Gasteiger partial charge >= 0.3 is 0 Å². The summed E-state index contributed by atoms with van der Waals surface area (Å²) in [6.45, 7) is 5.92. The Labute approximate surface area is 150 Å². The molecule has 3 rings (SSSR count). The first-order valence-electron chi connectivity index (χ1n) is 9.35. The summed E-state index contributed by atoms with van der Waals surface area (Å²) in [6.07, 6.45) is 3.69. The van der Waals surface area contributed by atoms with E-state index in [0.29, 0.717) is 6.61 Å². The molecular weight excluding hydrogens is 316 g/mol. The second-order valence-corrected chi connectivity index (χ2v) is 7.39. The molecule has 2 aliphatic rings. The van der Waals surface area contributed by atoms with Gasteiger partial charge in [-0.1, -0.05) is 17.7 Å². The van der Waals surface area contributed by atoms with Gasteiger partial charge in [0.2, 0.25) is 5.91 Å². The van der Waals surface area contributed by atoms with E-state index in [4.69, 9.17) is 9.47 Å². The number of carbonyl (C=O) groups is 1. The van der Waals surface area contributed by atoms with E-state index in [1.54, 1.807) is 7.11 Å². The number of hydrogen-bond donors (Lipinski definition) is 1. The Bertz CT molecular complexity index is 553. The zero-order valence-corrected chi connectivity index (χ0v) is 15.4. The number of benzene rings is 1. The summed E-state index contributed by atoms with van der Waals surface area (Å²) in [4.78, 5) is 15.2. The van der Waals surface area contributed by atoms with Crippen LogP contribution in [0.5, 0.6) is 5.75 Å². The molecule has 0 aliphatic carbocycles. The van der Waals surface area contributed by atoms with Gasteiger partial charge in [0.15, 0.2) is 0 Å². The summed E-state index contributed by atoms with van der Waals surface area (Å²) >= 11 is 0. The molecule has 2 aliphatic heterocycles. The van der Waals surface area contributed by atoms with Crippen molar-refractivity contribution in [3.05, 3.63) is 29.8 Å². The number of carbonyl (C=O) groups excluding carboxylic acids is 1. The first-order valence-corrected chi connectivity index (χ1v) is 9.35. The lowest BCUT2D eigenvalue weighted by Crippen LogP contribution is -2.54. The standard InChI is InChI=1S/C20H30N2O3/c1-16-3-5-17(6-4-16)25-18-7-13-22(14-8-18)19(23)20(15-24-2)9-11-21-12-10-20/h3-6,18,21H,7-15H2,1-2H3. The van der Waals surface area contributed by atoms with Crippen LogP contribution < -0.4 is 10.1 Å². The van der Waals surface area contributed by atoms with Gasteiger partial charge in [0, 0.05) is 33.0 Å². The highest BCUT2D eigenvalue weighted by molar-refractivity contribution is 5.83. The molecule has 0 spiro atoms. The van der Waals surface area contributed by atoms with Crippen molar-refractivity contribution < 1.29 is 14.3 Å². The maximum atomic E-state index is 13.1. The van der Waals surface area contributed by atoms with E-state index in [1.165, 1.54) is 5.56 Å². The number of ether oxygens (including phenoxy) is 2. The van der Waals surface area contributed by atoms with Gasteiger partial charge in [-0.15, -0.1) is 0 Å². The molecule has 1 amide bonds. The molecule has 0 aromatic heterocycles. The maximum absolute atomic E-state index is 13.1. The highest BCUT2D eigenvalue weighted by Gasteiger charge is 2.43. The Balaban J connectivity index is 1.55. The maximum Gasteiger partial charge on any atom is 0.231 e. The molecular formula is C20H30N2O3. The van der Waals surface area contributed by atoms with Crippen LogP contribution in [0.15, 0.2) is 24.3 Å². The molecule has 0 atom stereocenters. The fourth-order valence-electron chi connectivity index (χ4n) is 3.92. The molecule has 1 aromatic rings. The minimum Gasteiger partial charge on any atom is -0.490 e. The monoisotopic (exact) mass is 346 g/mol. The molecule has 25 heavy (non-hydrogen) atoms. The third-order valence-corrected chi connectivity index (χ3v) is 5.49. The number of hydrogen-bond acceptors (Lipinski definition) is 4. The molecule has 2 saturated heterocycles. The molecule has 2 fully saturated rings. The van der Waals surface area contributed by atoms with Crippen molar-refractivity contribution >= 4 is 5.91 Å². The summed E-state index contributed by atoms with van der Waals surface area (Å²) in [6, 6.07) is 8.18. The van der Waals surface area contributed by atoms with Gasteiger partial charge in [-0.2, -0.15) is 0 Å². The van der Waals surface area contributed by atoms with E-state index < -0.39 is 0 Å². The molecule has 0 radical (unpaired) electrons. The smallest absolute Gasteiger partial charge is 0.231 e. The van der Waals surface area contributed by atoms with Gasteiger partial charge in [-0.3, -0.25) is 4.79 Å². The van der Waals surface area contributed by atoms with Crippen molar-refractivity contribution in [3.8, 4) is 5.75 Å². The third-order valence-electron chi connectivity index (χ3n) is 5.49. The van der Waals surface area contributed by atoms with Crippen LogP contribution in [0.4, 0.5) is 0 Å². The normalized spacial score (nSPS) is 21.1. The summed E-state index contributed by atoms with van der Waals surface area (Å²) in [5.41, 5.74) is 0.892. The Kier molecular flexibility index (Phi) is 5.97. The molecule has 2 heterocycles. The van der Waals surface area contributed by atoms with Gasteiger partial charge in [-0.25, -0.2) is 0 Å². The minimum atomic E-state index is -0.343. The average molecular weight is 346 g/mol. The summed E-state index contributed by atoms with van der Waals surface area (Å²) in [5, 5.41) is 3.35. The number of nitrogens with zero attached hydrogens (tertiary/aromatic N) is 1. The van der Waals surface area contributed by atoms with Crippen molar-refractivity contribution in [1.29, 1.82) is 0 Å². The van der Waals surface area contributed by atoms with E-state index in [2.05, 4.69) is 24.4 Å². The topological polar surface area (TPSA) is 50.8 Å². The van der Waals surface area contributed by atoms with Crippen LogP contribution in [0.1, 0.15) is 31.2 Å². The van der Waals surface area contributed by atoms with Crippen LogP contribution in [0.3, 0.4) is 0 Å². The quantitative estimate of drug-likeness (QED) is 0.889. The van der Waals surface area contributed by atoms with Gasteiger partial charge < -0.3 is 19.7 Å². The van der Waals surface area contributed by atoms with Crippen LogP contribution in [0.2, 0.25) is 0 Å². The molecule has 1 N–H and O–H groups in total. The summed E-state index contributed by atoms with van der Waals surface area (Å²) in [5.74, 6) is 1.19. The van der Waals surface area contributed by atoms with Crippen molar-refractivity contribution in [2.75, 3.05) is 39.9 Å². The number of aryl methyl sites for hydroxylation is 1. The fourth-order valence-corrected chi connectivity index (χ4v) is 3.92. The predicted molar refractivity (Wildman–Crippen MR) is 97.8 cm³/mol. The molecule has 138 valence electrons. The first kappa shape index (κ1) is 18.2. The van der Waals surface area contributed by atoms with E-state index in [-0.39, 0.29) is 17.4 Å². The van der Waals surface area contributed by atoms with E-state index >= 15 is 0 Å². The molecule has 1 aromatic carbocycles. The largest absolute Gasteiger partial charge is 0.490 e. The molecule has 5 nitrogen and oxygen atoms in total. The second-order valence-electron chi connectivity index (χ2n) is 7.39. The predicted octanol–water partition coefficient (Wildman–Crippen LogP) is 2.38. The SMILES string of the molecule is COCC1(C(=O)N2CCC(Oc3ccc(C)cc3)CC2)CCNCC1. The zero-order chi connectivity index (χ0) is 17.7. The second kappa shape index (κ2) is 8.19. The number of amides is 1. The Hall–Kier alpha value is -1.59. The highest BCUT2D eigenvalue weighted by atomic mass is 16.5. The van der Waals surface area contributed by atoms with Crippen molar-refractivity contribution in [1.82, 2.24) is 10.2 Å². The lowest BCUT2D eigenvalue weighted by molar-refractivity contribution is -0.149. The van der Waals surface area contributed by atoms with Gasteiger partial charge in [0.25, 0.3) is 0 Å². The number of methoxy groups -OCH3 is 1. The van der Waals surface area contributed by atoms with E-state index in [1.807, 2.05) is 17.0 Å². The Morgan fingerprint density at radius 1 is 1.20 bits per heavy atom.